The smallest absolute Gasteiger partial charge is 0.230 e. The first-order valence-electron chi connectivity index (χ1n) is 8.70. The second kappa shape index (κ2) is 9.42. The second-order valence-electron chi connectivity index (χ2n) is 6.01. The maximum Gasteiger partial charge on any atom is 0.230 e. The molecule has 0 saturated heterocycles. The predicted octanol–water partition coefficient (Wildman–Crippen LogP) is 2.08. The van der Waals surface area contributed by atoms with Crippen LogP contribution in [0.15, 0.2) is 29.4 Å². The summed E-state index contributed by atoms with van der Waals surface area (Å²) < 4.78 is 12.5. The van der Waals surface area contributed by atoms with Crippen LogP contribution in [0.3, 0.4) is 0 Å². The fourth-order valence-corrected chi connectivity index (χ4v) is 3.65. The molecule has 8 nitrogen and oxygen atoms in total. The molecule has 0 atom stereocenters. The molecule has 1 N–H and O–H groups in total. The summed E-state index contributed by atoms with van der Waals surface area (Å²) in [4.78, 5) is 12.0. The number of nitrogens with zero attached hydrogens (tertiary/aromatic N) is 4. The Morgan fingerprint density at radius 1 is 1.27 bits per heavy atom. The lowest BCUT2D eigenvalue weighted by molar-refractivity contribution is -0.118. The molecule has 1 aromatic heterocycles. The van der Waals surface area contributed by atoms with Crippen LogP contribution >= 0.6 is 11.8 Å². The van der Waals surface area contributed by atoms with Crippen LogP contribution in [0.4, 0.5) is 0 Å². The highest BCUT2D eigenvalue weighted by atomic mass is 32.2. The molecule has 0 unspecified atom stereocenters. The van der Waals surface area contributed by atoms with E-state index >= 15 is 0 Å². The standard InChI is InChI=1S/C17H23N5O3S/c1-24-14-6-8-15(9-7-14)25-11-10-18-16(23)12-26-17-19-20-21-22(17)13-4-2-3-5-13/h6-9,13H,2-5,10-12H2,1H3,(H,18,23). The van der Waals surface area contributed by atoms with Crippen molar-refractivity contribution in [3.05, 3.63) is 24.3 Å². The zero-order valence-electron chi connectivity index (χ0n) is 14.8. The monoisotopic (exact) mass is 377 g/mol. The molecule has 1 aliphatic carbocycles. The number of carbonyl (C=O) groups is 1. The Hall–Kier alpha value is -2.29. The summed E-state index contributed by atoms with van der Waals surface area (Å²) in [6.45, 7) is 0.849. The number of benzene rings is 1. The van der Waals surface area contributed by atoms with Crippen LogP contribution in [0.25, 0.3) is 0 Å². The van der Waals surface area contributed by atoms with Gasteiger partial charge in [0.05, 0.1) is 25.4 Å². The molecule has 0 bridgehead atoms. The predicted molar refractivity (Wildman–Crippen MR) is 97.5 cm³/mol. The Bertz CT molecular complexity index is 701. The van der Waals surface area contributed by atoms with Crippen LogP contribution in [0.5, 0.6) is 11.5 Å². The third-order valence-electron chi connectivity index (χ3n) is 4.22. The first kappa shape index (κ1) is 18.5. The van der Waals surface area contributed by atoms with E-state index in [0.717, 1.165) is 24.3 Å². The van der Waals surface area contributed by atoms with Gasteiger partial charge in [0.1, 0.15) is 18.1 Å². The zero-order valence-corrected chi connectivity index (χ0v) is 15.6. The van der Waals surface area contributed by atoms with Crippen molar-refractivity contribution in [3.8, 4) is 11.5 Å². The van der Waals surface area contributed by atoms with Gasteiger partial charge in [-0.25, -0.2) is 4.68 Å². The third kappa shape index (κ3) is 5.10. The average Bonchev–Trinajstić information content (AvgIpc) is 3.35. The highest BCUT2D eigenvalue weighted by molar-refractivity contribution is 7.99. The van der Waals surface area contributed by atoms with Gasteiger partial charge in [-0.05, 0) is 47.5 Å². The van der Waals surface area contributed by atoms with Gasteiger partial charge in [0.15, 0.2) is 0 Å². The van der Waals surface area contributed by atoms with Crippen molar-refractivity contribution in [2.24, 2.45) is 0 Å². The summed E-state index contributed by atoms with van der Waals surface area (Å²) in [5.41, 5.74) is 0. The number of methoxy groups -OCH3 is 1. The average molecular weight is 377 g/mol. The lowest BCUT2D eigenvalue weighted by Crippen LogP contribution is -2.29. The maximum atomic E-state index is 12.0. The molecular formula is C17H23N5O3S. The van der Waals surface area contributed by atoms with E-state index in [1.165, 1.54) is 24.6 Å². The SMILES string of the molecule is COc1ccc(OCCNC(=O)CSc2nnnn2C2CCCC2)cc1. The highest BCUT2D eigenvalue weighted by Crippen LogP contribution is 2.31. The van der Waals surface area contributed by atoms with Crippen molar-refractivity contribution in [1.82, 2.24) is 25.5 Å². The second-order valence-corrected chi connectivity index (χ2v) is 6.95. The number of aromatic nitrogens is 4. The molecular weight excluding hydrogens is 354 g/mol. The van der Waals surface area contributed by atoms with Crippen molar-refractivity contribution in [1.29, 1.82) is 0 Å². The Kier molecular flexibility index (Phi) is 6.70. The van der Waals surface area contributed by atoms with Crippen molar-refractivity contribution < 1.29 is 14.3 Å². The summed E-state index contributed by atoms with van der Waals surface area (Å²) in [5, 5.41) is 15.4. The summed E-state index contributed by atoms with van der Waals surface area (Å²) in [7, 11) is 1.62. The van der Waals surface area contributed by atoms with Gasteiger partial charge in [0.25, 0.3) is 0 Å². The van der Waals surface area contributed by atoms with E-state index < -0.39 is 0 Å². The van der Waals surface area contributed by atoms with Crippen molar-refractivity contribution in [2.75, 3.05) is 26.0 Å². The highest BCUT2D eigenvalue weighted by Gasteiger charge is 2.21. The molecule has 1 aromatic carbocycles. The first-order valence-corrected chi connectivity index (χ1v) is 9.69. The quantitative estimate of drug-likeness (QED) is 0.528. The molecule has 1 heterocycles. The van der Waals surface area contributed by atoms with E-state index in [2.05, 4.69) is 20.8 Å². The van der Waals surface area contributed by atoms with Crippen molar-refractivity contribution >= 4 is 17.7 Å². The van der Waals surface area contributed by atoms with Crippen LogP contribution in [0.1, 0.15) is 31.7 Å². The molecule has 26 heavy (non-hydrogen) atoms. The Morgan fingerprint density at radius 2 is 2.00 bits per heavy atom. The molecule has 1 aliphatic rings. The van der Waals surface area contributed by atoms with E-state index in [0.29, 0.717) is 24.3 Å². The van der Waals surface area contributed by atoms with Crippen LogP contribution < -0.4 is 14.8 Å². The van der Waals surface area contributed by atoms with Gasteiger partial charge in [-0.15, -0.1) is 5.10 Å². The number of carbonyl (C=O) groups excluding carboxylic acids is 1. The van der Waals surface area contributed by atoms with Gasteiger partial charge in [-0.1, -0.05) is 24.6 Å². The van der Waals surface area contributed by atoms with Gasteiger partial charge in [-0.3, -0.25) is 4.79 Å². The van der Waals surface area contributed by atoms with Gasteiger partial charge in [-0.2, -0.15) is 0 Å². The number of nitrogens with one attached hydrogen (secondary N) is 1. The summed E-state index contributed by atoms with van der Waals surface area (Å²) in [6.07, 6.45) is 4.63. The number of tetrazole rings is 1. The largest absolute Gasteiger partial charge is 0.497 e. The number of thioether (sulfide) groups is 1. The summed E-state index contributed by atoms with van der Waals surface area (Å²) in [5.74, 6) is 1.75. The van der Waals surface area contributed by atoms with Crippen LogP contribution in [0.2, 0.25) is 0 Å². The number of hydrogen-bond donors (Lipinski definition) is 1. The van der Waals surface area contributed by atoms with E-state index in [1.807, 2.05) is 28.9 Å². The molecule has 1 saturated carbocycles. The lowest BCUT2D eigenvalue weighted by atomic mass is 10.3. The topological polar surface area (TPSA) is 91.2 Å². The number of hydrogen-bond acceptors (Lipinski definition) is 7. The van der Waals surface area contributed by atoms with Crippen LogP contribution in [-0.2, 0) is 4.79 Å². The van der Waals surface area contributed by atoms with Crippen molar-refractivity contribution in [2.45, 2.75) is 36.9 Å². The molecule has 2 aromatic rings. The molecule has 1 fully saturated rings. The zero-order chi connectivity index (χ0) is 18.2. The lowest BCUT2D eigenvalue weighted by Gasteiger charge is -2.11. The Morgan fingerprint density at radius 3 is 2.73 bits per heavy atom. The summed E-state index contributed by atoms with van der Waals surface area (Å²) in [6, 6.07) is 7.70. The third-order valence-corrected chi connectivity index (χ3v) is 5.15. The molecule has 1 amide bonds. The van der Waals surface area contributed by atoms with Crippen molar-refractivity contribution in [3.63, 3.8) is 0 Å². The van der Waals surface area contributed by atoms with Gasteiger partial charge in [0, 0.05) is 0 Å². The minimum Gasteiger partial charge on any atom is -0.497 e. The van der Waals surface area contributed by atoms with E-state index in [1.54, 1.807) is 7.11 Å². The molecule has 0 spiro atoms. The van der Waals surface area contributed by atoms with E-state index in [4.69, 9.17) is 9.47 Å². The summed E-state index contributed by atoms with van der Waals surface area (Å²) >= 11 is 1.37. The normalized spacial score (nSPS) is 14.3. The molecule has 0 aliphatic heterocycles. The van der Waals surface area contributed by atoms with Gasteiger partial charge in [0.2, 0.25) is 11.1 Å². The Balaban J connectivity index is 1.35. The minimum absolute atomic E-state index is 0.0608. The molecule has 9 heteroatoms. The van der Waals surface area contributed by atoms with Gasteiger partial charge >= 0.3 is 0 Å². The molecule has 3 rings (SSSR count). The molecule has 140 valence electrons. The fourth-order valence-electron chi connectivity index (χ4n) is 2.87. The molecule has 0 radical (unpaired) electrons. The Labute approximate surface area is 156 Å². The number of amides is 1. The first-order chi connectivity index (χ1) is 12.8. The number of rotatable bonds is 9. The van der Waals surface area contributed by atoms with Crippen LogP contribution in [0, 0.1) is 0 Å². The fraction of sp³-hybridized carbons (Fsp3) is 0.529. The minimum atomic E-state index is -0.0608. The van der Waals surface area contributed by atoms with E-state index in [-0.39, 0.29) is 11.7 Å². The van der Waals surface area contributed by atoms with Gasteiger partial charge < -0.3 is 14.8 Å². The van der Waals surface area contributed by atoms with E-state index in [9.17, 15) is 4.79 Å². The number of ether oxygens (including phenoxy) is 2. The maximum absolute atomic E-state index is 12.0. The van der Waals surface area contributed by atoms with Crippen LogP contribution in [-0.4, -0.2) is 52.1 Å².